The average molecular weight is 389 g/mol. The van der Waals surface area contributed by atoms with E-state index in [1.165, 1.54) is 11.1 Å². The maximum atomic E-state index is 6.06. The molecule has 0 N–H and O–H groups in total. The second-order valence-electron chi connectivity index (χ2n) is 7.47. The van der Waals surface area contributed by atoms with Crippen molar-refractivity contribution in [1.82, 2.24) is 9.88 Å². The lowest BCUT2D eigenvalue weighted by Gasteiger charge is -2.32. The lowest BCUT2D eigenvalue weighted by atomic mass is 10.1. The summed E-state index contributed by atoms with van der Waals surface area (Å²) in [4.78, 5) is 7.37. The first-order valence-electron chi connectivity index (χ1n) is 10.3. The largest absolute Gasteiger partial charge is 0.497 e. The molecule has 2 aromatic carbocycles. The first-order chi connectivity index (χ1) is 14.3. The number of rotatable bonds is 7. The van der Waals surface area contributed by atoms with Gasteiger partial charge in [0.15, 0.2) is 0 Å². The standard InChI is InChI=1S/C25H28N2O2/c1-28-23-12-10-20(11-13-23)14-15-27-16-17-29-25(19-27)24-9-5-8-22(26-24)18-21-6-3-2-4-7-21/h2-13,25H,14-19H2,1H3/t25-/m0/s1. The highest BCUT2D eigenvalue weighted by Crippen LogP contribution is 2.22. The molecule has 29 heavy (non-hydrogen) atoms. The molecule has 1 aromatic heterocycles. The molecule has 0 saturated carbocycles. The molecule has 0 spiro atoms. The zero-order valence-corrected chi connectivity index (χ0v) is 17.0. The van der Waals surface area contributed by atoms with Crippen molar-refractivity contribution in [1.29, 1.82) is 0 Å². The van der Waals surface area contributed by atoms with Gasteiger partial charge in [-0.05, 0) is 41.8 Å². The van der Waals surface area contributed by atoms with Crippen LogP contribution < -0.4 is 4.74 Å². The van der Waals surface area contributed by atoms with Crippen LogP contribution in [-0.4, -0.2) is 43.2 Å². The molecule has 3 aromatic rings. The van der Waals surface area contributed by atoms with Gasteiger partial charge in [-0.1, -0.05) is 48.5 Å². The van der Waals surface area contributed by atoms with Gasteiger partial charge in [0.2, 0.25) is 0 Å². The maximum Gasteiger partial charge on any atom is 0.118 e. The van der Waals surface area contributed by atoms with Gasteiger partial charge < -0.3 is 9.47 Å². The van der Waals surface area contributed by atoms with E-state index in [0.717, 1.165) is 56.2 Å². The summed E-state index contributed by atoms with van der Waals surface area (Å²) in [7, 11) is 1.70. The summed E-state index contributed by atoms with van der Waals surface area (Å²) < 4.78 is 11.3. The van der Waals surface area contributed by atoms with E-state index >= 15 is 0 Å². The van der Waals surface area contributed by atoms with E-state index in [4.69, 9.17) is 14.5 Å². The van der Waals surface area contributed by atoms with Crippen LogP contribution in [0.15, 0.2) is 72.8 Å². The summed E-state index contributed by atoms with van der Waals surface area (Å²) in [5.41, 5.74) is 4.74. The van der Waals surface area contributed by atoms with Crippen LogP contribution in [0.1, 0.15) is 28.6 Å². The summed E-state index contributed by atoms with van der Waals surface area (Å²) in [5.74, 6) is 0.904. The van der Waals surface area contributed by atoms with Crippen molar-refractivity contribution in [2.45, 2.75) is 18.9 Å². The zero-order valence-electron chi connectivity index (χ0n) is 17.0. The third-order valence-corrected chi connectivity index (χ3v) is 5.41. The van der Waals surface area contributed by atoms with Crippen LogP contribution in [0.2, 0.25) is 0 Å². The van der Waals surface area contributed by atoms with E-state index in [1.807, 2.05) is 18.2 Å². The van der Waals surface area contributed by atoms with E-state index in [0.29, 0.717) is 0 Å². The zero-order chi connectivity index (χ0) is 19.9. The van der Waals surface area contributed by atoms with Crippen molar-refractivity contribution in [3.63, 3.8) is 0 Å². The molecule has 0 aliphatic carbocycles. The Bertz CT molecular complexity index is 896. The van der Waals surface area contributed by atoms with Crippen LogP contribution in [0, 0.1) is 0 Å². The molecule has 4 nitrogen and oxygen atoms in total. The SMILES string of the molecule is COc1ccc(CCN2CCO[C@H](c3cccc(Cc4ccccc4)n3)C2)cc1. The fraction of sp³-hybridized carbons (Fsp3) is 0.320. The summed E-state index contributed by atoms with van der Waals surface area (Å²) >= 11 is 0. The molecule has 0 amide bonds. The molecule has 1 atom stereocenters. The number of nitrogens with zero attached hydrogens (tertiary/aromatic N) is 2. The highest BCUT2D eigenvalue weighted by Gasteiger charge is 2.23. The van der Waals surface area contributed by atoms with Gasteiger partial charge in [-0.2, -0.15) is 0 Å². The molecule has 150 valence electrons. The molecule has 1 aliphatic rings. The van der Waals surface area contributed by atoms with Gasteiger partial charge in [0.05, 0.1) is 19.4 Å². The maximum absolute atomic E-state index is 6.06. The van der Waals surface area contributed by atoms with Gasteiger partial charge in [-0.3, -0.25) is 9.88 Å². The van der Waals surface area contributed by atoms with Gasteiger partial charge >= 0.3 is 0 Å². The number of pyridine rings is 1. The molecular weight excluding hydrogens is 360 g/mol. The van der Waals surface area contributed by atoms with E-state index in [1.54, 1.807) is 7.11 Å². The third-order valence-electron chi connectivity index (χ3n) is 5.41. The lowest BCUT2D eigenvalue weighted by Crippen LogP contribution is -2.39. The second-order valence-corrected chi connectivity index (χ2v) is 7.47. The van der Waals surface area contributed by atoms with Crippen molar-refractivity contribution >= 4 is 0 Å². The average Bonchev–Trinajstić information content (AvgIpc) is 2.79. The number of hydrogen-bond acceptors (Lipinski definition) is 4. The number of morpholine rings is 1. The quantitative estimate of drug-likeness (QED) is 0.605. The highest BCUT2D eigenvalue weighted by molar-refractivity contribution is 5.27. The number of hydrogen-bond donors (Lipinski definition) is 0. The highest BCUT2D eigenvalue weighted by atomic mass is 16.5. The minimum Gasteiger partial charge on any atom is -0.497 e. The molecular formula is C25H28N2O2. The molecule has 0 radical (unpaired) electrons. The fourth-order valence-electron chi connectivity index (χ4n) is 3.74. The summed E-state index contributed by atoms with van der Waals surface area (Å²) in [6, 6.07) is 25.1. The monoisotopic (exact) mass is 388 g/mol. The Morgan fingerprint density at radius 2 is 1.79 bits per heavy atom. The third kappa shape index (κ3) is 5.43. The van der Waals surface area contributed by atoms with Gasteiger partial charge in [-0.25, -0.2) is 0 Å². The number of ether oxygens (including phenoxy) is 2. The summed E-state index contributed by atoms with van der Waals surface area (Å²) in [5, 5.41) is 0. The molecule has 4 rings (SSSR count). The van der Waals surface area contributed by atoms with Crippen LogP contribution in [0.3, 0.4) is 0 Å². The number of aromatic nitrogens is 1. The normalized spacial score (nSPS) is 17.2. The number of methoxy groups -OCH3 is 1. The Labute approximate surface area is 173 Å². The smallest absolute Gasteiger partial charge is 0.118 e. The predicted molar refractivity (Wildman–Crippen MR) is 115 cm³/mol. The first-order valence-corrected chi connectivity index (χ1v) is 10.3. The van der Waals surface area contributed by atoms with Crippen molar-refractivity contribution < 1.29 is 9.47 Å². The molecule has 1 aliphatic heterocycles. The molecule has 0 bridgehead atoms. The van der Waals surface area contributed by atoms with Crippen LogP contribution in [0.5, 0.6) is 5.75 Å². The van der Waals surface area contributed by atoms with E-state index < -0.39 is 0 Å². The Kier molecular flexibility index (Phi) is 6.55. The van der Waals surface area contributed by atoms with Crippen molar-refractivity contribution in [2.75, 3.05) is 33.4 Å². The molecule has 2 heterocycles. The van der Waals surface area contributed by atoms with Crippen molar-refractivity contribution in [3.8, 4) is 5.75 Å². The Hall–Kier alpha value is -2.69. The van der Waals surface area contributed by atoms with Crippen molar-refractivity contribution in [3.05, 3.63) is 95.3 Å². The van der Waals surface area contributed by atoms with Crippen LogP contribution >= 0.6 is 0 Å². The first kappa shape index (κ1) is 19.6. The predicted octanol–water partition coefficient (Wildman–Crippen LogP) is 4.30. The van der Waals surface area contributed by atoms with E-state index in [9.17, 15) is 0 Å². The summed E-state index contributed by atoms with van der Waals surface area (Å²) in [6.45, 7) is 3.63. The van der Waals surface area contributed by atoms with Crippen LogP contribution in [0.25, 0.3) is 0 Å². The lowest BCUT2D eigenvalue weighted by molar-refractivity contribution is -0.0317. The number of benzene rings is 2. The summed E-state index contributed by atoms with van der Waals surface area (Å²) in [6.07, 6.45) is 1.91. The molecule has 0 unspecified atom stereocenters. The van der Waals surface area contributed by atoms with Crippen molar-refractivity contribution in [2.24, 2.45) is 0 Å². The molecule has 1 saturated heterocycles. The van der Waals surface area contributed by atoms with Crippen LogP contribution in [-0.2, 0) is 17.6 Å². The second kappa shape index (κ2) is 9.68. The topological polar surface area (TPSA) is 34.6 Å². The molecule has 1 fully saturated rings. The van der Waals surface area contributed by atoms with Gasteiger partial charge in [0.25, 0.3) is 0 Å². The van der Waals surface area contributed by atoms with Gasteiger partial charge in [-0.15, -0.1) is 0 Å². The Morgan fingerprint density at radius 3 is 2.59 bits per heavy atom. The fourth-order valence-corrected chi connectivity index (χ4v) is 3.74. The van der Waals surface area contributed by atoms with E-state index in [2.05, 4.69) is 59.5 Å². The Morgan fingerprint density at radius 1 is 0.966 bits per heavy atom. The van der Waals surface area contributed by atoms with Gasteiger partial charge in [0, 0.05) is 31.7 Å². The minimum atomic E-state index is 0.0374. The molecule has 4 heteroatoms. The Balaban J connectivity index is 1.35. The van der Waals surface area contributed by atoms with Crippen LogP contribution in [0.4, 0.5) is 0 Å². The van der Waals surface area contributed by atoms with E-state index in [-0.39, 0.29) is 6.10 Å². The minimum absolute atomic E-state index is 0.0374. The van der Waals surface area contributed by atoms with Gasteiger partial charge in [0.1, 0.15) is 11.9 Å².